The Morgan fingerprint density at radius 2 is 2.14 bits per heavy atom. The van der Waals surface area contributed by atoms with Crippen LogP contribution in [0.1, 0.15) is 43.6 Å². The van der Waals surface area contributed by atoms with Crippen molar-refractivity contribution in [2.75, 3.05) is 0 Å². The van der Waals surface area contributed by atoms with Crippen LogP contribution >= 0.6 is 22.9 Å². The fourth-order valence-corrected chi connectivity index (χ4v) is 4.53. The van der Waals surface area contributed by atoms with Gasteiger partial charge in [-0.3, -0.25) is 4.79 Å². The summed E-state index contributed by atoms with van der Waals surface area (Å²) in [6, 6.07) is 4.15. The summed E-state index contributed by atoms with van der Waals surface area (Å²) in [5.41, 5.74) is 1.75. The second-order valence-corrected chi connectivity index (χ2v) is 7.95. The smallest absolute Gasteiger partial charge is 0.268 e. The van der Waals surface area contributed by atoms with Crippen LogP contribution in [0.5, 0.6) is 0 Å². The molecule has 1 aliphatic carbocycles. The molecule has 114 valence electrons. The Kier molecular flexibility index (Phi) is 4.02. The van der Waals surface area contributed by atoms with E-state index in [0.717, 1.165) is 26.7 Å². The highest BCUT2D eigenvalue weighted by molar-refractivity contribution is 7.22. The second kappa shape index (κ2) is 5.65. The van der Waals surface area contributed by atoms with Gasteiger partial charge in [0.25, 0.3) is 5.91 Å². The summed E-state index contributed by atoms with van der Waals surface area (Å²) in [7, 11) is 1.92. The number of aromatic nitrogens is 1. The summed E-state index contributed by atoms with van der Waals surface area (Å²) in [5, 5.41) is 3.23. The van der Waals surface area contributed by atoms with Gasteiger partial charge in [0.05, 0.1) is 14.6 Å². The summed E-state index contributed by atoms with van der Waals surface area (Å²) >= 11 is 7.54. The molecule has 1 aliphatic rings. The average molecular weight is 325 g/mol. The number of hydrogen-bond donors (Lipinski definition) is 1. The van der Waals surface area contributed by atoms with Gasteiger partial charge < -0.3 is 9.88 Å². The van der Waals surface area contributed by atoms with E-state index in [1.165, 1.54) is 24.2 Å². The first-order valence-corrected chi connectivity index (χ1v) is 8.72. The van der Waals surface area contributed by atoms with Crippen molar-refractivity contribution in [3.8, 4) is 0 Å². The van der Waals surface area contributed by atoms with Crippen molar-refractivity contribution in [1.29, 1.82) is 0 Å². The lowest BCUT2D eigenvalue weighted by Crippen LogP contribution is -2.44. The number of thiophene rings is 1. The van der Waals surface area contributed by atoms with Crippen LogP contribution in [0.3, 0.4) is 0 Å². The number of rotatable bonds is 2. The highest BCUT2D eigenvalue weighted by atomic mass is 35.5. The lowest BCUT2D eigenvalue weighted by Gasteiger charge is -2.34. The molecular formula is C16H21ClN2OS. The largest absolute Gasteiger partial charge is 0.348 e. The third kappa shape index (κ3) is 2.71. The quantitative estimate of drug-likeness (QED) is 0.870. The van der Waals surface area contributed by atoms with E-state index in [4.69, 9.17) is 11.6 Å². The summed E-state index contributed by atoms with van der Waals surface area (Å²) in [5.74, 6) is 1.25. The fourth-order valence-electron chi connectivity index (χ4n) is 3.33. The van der Waals surface area contributed by atoms with Crippen molar-refractivity contribution >= 4 is 39.1 Å². The van der Waals surface area contributed by atoms with Crippen LogP contribution in [0.25, 0.3) is 10.2 Å². The van der Waals surface area contributed by atoms with Crippen molar-refractivity contribution in [1.82, 2.24) is 9.88 Å². The molecule has 2 aromatic heterocycles. The zero-order chi connectivity index (χ0) is 15.1. The SMILES string of the molecule is C[C@H]1[C@H](C)CCC[C@H]1NC(=O)c1cc2sc(Cl)cc2n1C. The van der Waals surface area contributed by atoms with Gasteiger partial charge in [0.1, 0.15) is 5.69 Å². The normalized spacial score (nSPS) is 26.2. The molecule has 3 nitrogen and oxygen atoms in total. The minimum Gasteiger partial charge on any atom is -0.348 e. The molecule has 1 fully saturated rings. The zero-order valence-corrected chi connectivity index (χ0v) is 14.2. The van der Waals surface area contributed by atoms with Gasteiger partial charge in [-0.05, 0) is 30.4 Å². The number of carbonyl (C=O) groups is 1. The number of halogens is 1. The fraction of sp³-hybridized carbons (Fsp3) is 0.562. The lowest BCUT2D eigenvalue weighted by atomic mass is 9.78. The summed E-state index contributed by atoms with van der Waals surface area (Å²) in [6.07, 6.45) is 3.56. The van der Waals surface area contributed by atoms with Gasteiger partial charge in [-0.25, -0.2) is 0 Å². The lowest BCUT2D eigenvalue weighted by molar-refractivity contribution is 0.0883. The molecule has 21 heavy (non-hydrogen) atoms. The molecule has 3 rings (SSSR count). The molecule has 0 aromatic carbocycles. The number of fused-ring (bicyclic) bond motifs is 1. The Balaban J connectivity index is 1.80. The van der Waals surface area contributed by atoms with Gasteiger partial charge >= 0.3 is 0 Å². The predicted octanol–water partition coefficient (Wildman–Crippen LogP) is 4.45. The molecule has 1 N–H and O–H groups in total. The van der Waals surface area contributed by atoms with E-state index in [9.17, 15) is 4.79 Å². The summed E-state index contributed by atoms with van der Waals surface area (Å²) in [4.78, 5) is 12.6. The van der Waals surface area contributed by atoms with Gasteiger partial charge in [0, 0.05) is 13.1 Å². The molecular weight excluding hydrogens is 304 g/mol. The number of hydrogen-bond acceptors (Lipinski definition) is 2. The third-order valence-electron chi connectivity index (χ3n) is 4.96. The maximum Gasteiger partial charge on any atom is 0.268 e. The molecule has 1 saturated carbocycles. The van der Waals surface area contributed by atoms with Gasteiger partial charge in [-0.15, -0.1) is 11.3 Å². The van der Waals surface area contributed by atoms with Gasteiger partial charge in [0.15, 0.2) is 0 Å². The van der Waals surface area contributed by atoms with Crippen molar-refractivity contribution in [3.05, 3.63) is 22.2 Å². The maximum atomic E-state index is 12.6. The van der Waals surface area contributed by atoms with Gasteiger partial charge in [0.2, 0.25) is 0 Å². The van der Waals surface area contributed by atoms with E-state index in [2.05, 4.69) is 19.2 Å². The molecule has 5 heteroatoms. The first kappa shape index (κ1) is 14.9. The molecule has 1 amide bonds. The number of amides is 1. The Morgan fingerprint density at radius 1 is 1.38 bits per heavy atom. The van der Waals surface area contributed by atoms with Crippen LogP contribution in [0, 0.1) is 11.8 Å². The van der Waals surface area contributed by atoms with E-state index < -0.39 is 0 Å². The Morgan fingerprint density at radius 3 is 2.86 bits per heavy atom. The monoisotopic (exact) mass is 324 g/mol. The van der Waals surface area contributed by atoms with Gasteiger partial charge in [-0.1, -0.05) is 38.3 Å². The average Bonchev–Trinajstić information content (AvgIpc) is 2.93. The number of nitrogens with zero attached hydrogens (tertiary/aromatic N) is 1. The molecule has 0 bridgehead atoms. The minimum absolute atomic E-state index is 0.0305. The molecule has 0 spiro atoms. The predicted molar refractivity (Wildman–Crippen MR) is 89.2 cm³/mol. The van der Waals surface area contributed by atoms with Crippen LogP contribution in [0.4, 0.5) is 0 Å². The van der Waals surface area contributed by atoms with E-state index in [1.807, 2.05) is 23.7 Å². The minimum atomic E-state index is 0.0305. The van der Waals surface area contributed by atoms with Crippen LogP contribution < -0.4 is 5.32 Å². The molecule has 0 unspecified atom stereocenters. The molecule has 0 radical (unpaired) electrons. The Labute approximate surface area is 134 Å². The van der Waals surface area contributed by atoms with Crippen LogP contribution in [-0.4, -0.2) is 16.5 Å². The van der Waals surface area contributed by atoms with Crippen molar-refractivity contribution in [2.24, 2.45) is 18.9 Å². The highest BCUT2D eigenvalue weighted by Crippen LogP contribution is 2.32. The van der Waals surface area contributed by atoms with Crippen molar-refractivity contribution in [2.45, 2.75) is 39.2 Å². The molecule has 0 saturated heterocycles. The Hall–Kier alpha value is -1.00. The first-order valence-electron chi connectivity index (χ1n) is 7.53. The van der Waals surface area contributed by atoms with Crippen molar-refractivity contribution in [3.63, 3.8) is 0 Å². The van der Waals surface area contributed by atoms with Crippen LogP contribution in [0.15, 0.2) is 12.1 Å². The van der Waals surface area contributed by atoms with Gasteiger partial charge in [-0.2, -0.15) is 0 Å². The zero-order valence-electron chi connectivity index (χ0n) is 12.6. The second-order valence-electron chi connectivity index (χ2n) is 6.24. The Bertz CT molecular complexity index is 675. The first-order chi connectivity index (χ1) is 9.97. The highest BCUT2D eigenvalue weighted by Gasteiger charge is 2.29. The number of aryl methyl sites for hydroxylation is 1. The third-order valence-corrected chi connectivity index (χ3v) is 6.16. The molecule has 2 aromatic rings. The number of carbonyl (C=O) groups excluding carboxylic acids is 1. The molecule has 2 heterocycles. The standard InChI is InChI=1S/C16H21ClN2OS/c1-9-5-4-6-11(10(9)2)18-16(20)13-7-14-12(19(13)3)8-15(17)21-14/h7-11H,4-6H2,1-3H3,(H,18,20)/t9-,10+,11-/m1/s1. The number of nitrogens with one attached hydrogen (secondary N) is 1. The molecule has 3 atom stereocenters. The topological polar surface area (TPSA) is 34.0 Å². The summed E-state index contributed by atoms with van der Waals surface area (Å²) < 4.78 is 3.76. The van der Waals surface area contributed by atoms with Crippen LogP contribution in [-0.2, 0) is 7.05 Å². The van der Waals surface area contributed by atoms with Crippen LogP contribution in [0.2, 0.25) is 4.34 Å². The van der Waals surface area contributed by atoms with E-state index >= 15 is 0 Å². The van der Waals surface area contributed by atoms with E-state index in [-0.39, 0.29) is 11.9 Å². The summed E-state index contributed by atoms with van der Waals surface area (Å²) in [6.45, 7) is 4.53. The van der Waals surface area contributed by atoms with Crippen molar-refractivity contribution < 1.29 is 4.79 Å². The molecule has 0 aliphatic heterocycles. The van der Waals surface area contributed by atoms with E-state index in [1.54, 1.807) is 0 Å². The van der Waals surface area contributed by atoms with E-state index in [0.29, 0.717) is 11.8 Å². The maximum absolute atomic E-state index is 12.6.